The Hall–Kier alpha value is -2.31. The molecule has 1 atom stereocenters. The van der Waals surface area contributed by atoms with Crippen molar-refractivity contribution in [2.75, 3.05) is 39.4 Å². The molecule has 0 radical (unpaired) electrons. The number of amides is 2. The van der Waals surface area contributed by atoms with Gasteiger partial charge in [-0.2, -0.15) is 0 Å². The lowest BCUT2D eigenvalue weighted by atomic mass is 9.99. The predicted octanol–water partition coefficient (Wildman–Crippen LogP) is 1.90. The van der Waals surface area contributed by atoms with Gasteiger partial charge in [0.2, 0.25) is 5.91 Å². The molecule has 0 N–H and O–H groups in total. The van der Waals surface area contributed by atoms with Crippen LogP contribution in [-0.4, -0.2) is 61.2 Å². The van der Waals surface area contributed by atoms with Gasteiger partial charge in [-0.05, 0) is 25.0 Å². The van der Waals surface area contributed by atoms with Crippen molar-refractivity contribution >= 4 is 12.0 Å². The van der Waals surface area contributed by atoms with Crippen molar-refractivity contribution in [1.82, 2.24) is 9.80 Å². The number of likely N-dealkylation sites (tertiary alicyclic amines) is 1. The van der Waals surface area contributed by atoms with Crippen LogP contribution in [0.3, 0.4) is 0 Å². The highest BCUT2D eigenvalue weighted by molar-refractivity contribution is 5.83. The van der Waals surface area contributed by atoms with Gasteiger partial charge in [0.05, 0.1) is 13.2 Å². The summed E-state index contributed by atoms with van der Waals surface area (Å²) in [6, 6.07) is 6.05. The normalized spacial score (nSPS) is 20.9. The highest BCUT2D eigenvalue weighted by Crippen LogP contribution is 2.20. The summed E-state index contributed by atoms with van der Waals surface area (Å²) >= 11 is 0. The first kappa shape index (κ1) is 16.5. The van der Waals surface area contributed by atoms with E-state index in [1.807, 2.05) is 0 Å². The molecule has 3 rings (SSSR count). The largest absolute Gasteiger partial charge is 0.493 e. The second-order valence-electron chi connectivity index (χ2n) is 6.15. The number of carbonyl (C=O) groups excluding carboxylic acids is 2. The van der Waals surface area contributed by atoms with Crippen molar-refractivity contribution in [3.05, 3.63) is 30.1 Å². The van der Waals surface area contributed by atoms with E-state index in [1.165, 1.54) is 17.0 Å². The fourth-order valence-electron chi connectivity index (χ4n) is 3.03. The minimum absolute atomic E-state index is 0.0655. The monoisotopic (exact) mass is 336 g/mol. The molecule has 0 aliphatic carbocycles. The number of hydrogen-bond donors (Lipinski definition) is 0. The summed E-state index contributed by atoms with van der Waals surface area (Å²) in [5.41, 5.74) is 0. The number of cyclic esters (lactones) is 1. The van der Waals surface area contributed by atoms with Crippen LogP contribution in [0.1, 0.15) is 12.8 Å². The lowest BCUT2D eigenvalue weighted by molar-refractivity contribution is -0.133. The number of halogens is 1. The van der Waals surface area contributed by atoms with E-state index in [4.69, 9.17) is 9.47 Å². The van der Waals surface area contributed by atoms with E-state index in [0.29, 0.717) is 38.6 Å². The predicted molar refractivity (Wildman–Crippen MR) is 84.1 cm³/mol. The number of piperidine rings is 1. The second kappa shape index (κ2) is 7.51. The first-order chi connectivity index (χ1) is 11.6. The lowest BCUT2D eigenvalue weighted by Crippen LogP contribution is -2.46. The third kappa shape index (κ3) is 4.15. The summed E-state index contributed by atoms with van der Waals surface area (Å²) in [5.74, 6) is 0.310. The average Bonchev–Trinajstić information content (AvgIpc) is 2.98. The van der Waals surface area contributed by atoms with E-state index < -0.39 is 6.09 Å². The average molecular weight is 336 g/mol. The molecule has 0 spiro atoms. The van der Waals surface area contributed by atoms with Crippen LogP contribution in [0, 0.1) is 11.7 Å². The Balaban J connectivity index is 1.48. The number of benzene rings is 1. The zero-order chi connectivity index (χ0) is 16.9. The van der Waals surface area contributed by atoms with Crippen LogP contribution in [0.25, 0.3) is 0 Å². The van der Waals surface area contributed by atoms with E-state index in [1.54, 1.807) is 17.0 Å². The molecule has 0 unspecified atom stereocenters. The molecular formula is C17H21FN2O4. The molecule has 2 amide bonds. The van der Waals surface area contributed by atoms with Gasteiger partial charge in [0.15, 0.2) is 0 Å². The van der Waals surface area contributed by atoms with Gasteiger partial charge in [-0.15, -0.1) is 0 Å². The summed E-state index contributed by atoms with van der Waals surface area (Å²) in [6.07, 6.45) is 1.43. The highest BCUT2D eigenvalue weighted by Gasteiger charge is 2.29. The molecule has 0 aromatic heterocycles. The van der Waals surface area contributed by atoms with Crippen LogP contribution in [0.5, 0.6) is 5.75 Å². The molecule has 2 fully saturated rings. The smallest absolute Gasteiger partial charge is 0.410 e. The summed E-state index contributed by atoms with van der Waals surface area (Å²) in [6.45, 7) is 2.60. The fraction of sp³-hybridized carbons (Fsp3) is 0.529. The van der Waals surface area contributed by atoms with E-state index >= 15 is 0 Å². The van der Waals surface area contributed by atoms with Crippen LogP contribution >= 0.6 is 0 Å². The summed E-state index contributed by atoms with van der Waals surface area (Å²) < 4.78 is 23.6. The maximum atomic E-state index is 13.2. The van der Waals surface area contributed by atoms with Crippen molar-refractivity contribution < 1.29 is 23.5 Å². The SMILES string of the molecule is O=C(CN1CCOC1=O)N1CCC[C@@H](COc2cccc(F)c2)C1. The van der Waals surface area contributed by atoms with Crippen molar-refractivity contribution in [2.24, 2.45) is 5.92 Å². The molecule has 2 saturated heterocycles. The Bertz CT molecular complexity index is 610. The number of ether oxygens (including phenoxy) is 2. The third-order valence-corrected chi connectivity index (χ3v) is 4.32. The molecule has 1 aromatic rings. The first-order valence-electron chi connectivity index (χ1n) is 8.19. The molecule has 2 heterocycles. The minimum Gasteiger partial charge on any atom is -0.493 e. The first-order valence-corrected chi connectivity index (χ1v) is 8.19. The number of rotatable bonds is 5. The number of nitrogens with zero attached hydrogens (tertiary/aromatic N) is 2. The molecule has 2 aliphatic rings. The van der Waals surface area contributed by atoms with Gasteiger partial charge in [0.25, 0.3) is 0 Å². The van der Waals surface area contributed by atoms with Crippen LogP contribution in [0.15, 0.2) is 24.3 Å². The van der Waals surface area contributed by atoms with Crippen molar-refractivity contribution in [2.45, 2.75) is 12.8 Å². The van der Waals surface area contributed by atoms with Crippen LogP contribution < -0.4 is 4.74 Å². The van der Waals surface area contributed by atoms with E-state index in [2.05, 4.69) is 0 Å². The minimum atomic E-state index is -0.425. The van der Waals surface area contributed by atoms with Crippen LogP contribution in [0.2, 0.25) is 0 Å². The standard InChI is InChI=1S/C17H21FN2O4/c18-14-4-1-5-15(9-14)24-12-13-3-2-6-19(10-13)16(21)11-20-7-8-23-17(20)22/h1,4-5,9,13H,2-3,6-8,10-12H2/t13-/m1/s1. The Morgan fingerprint density at radius 1 is 1.38 bits per heavy atom. The molecule has 1 aromatic carbocycles. The summed E-state index contributed by atoms with van der Waals surface area (Å²) in [7, 11) is 0. The second-order valence-corrected chi connectivity index (χ2v) is 6.15. The Morgan fingerprint density at radius 2 is 2.25 bits per heavy atom. The molecule has 0 bridgehead atoms. The van der Waals surface area contributed by atoms with Gasteiger partial charge in [0, 0.05) is 25.1 Å². The molecule has 7 heteroatoms. The topological polar surface area (TPSA) is 59.1 Å². The zero-order valence-electron chi connectivity index (χ0n) is 13.4. The van der Waals surface area contributed by atoms with Gasteiger partial charge >= 0.3 is 6.09 Å². The number of hydrogen-bond acceptors (Lipinski definition) is 4. The molecule has 0 saturated carbocycles. The van der Waals surface area contributed by atoms with Crippen molar-refractivity contribution in [3.63, 3.8) is 0 Å². The Labute approximate surface area is 140 Å². The van der Waals surface area contributed by atoms with Gasteiger partial charge in [-0.3, -0.25) is 9.69 Å². The quantitative estimate of drug-likeness (QED) is 0.824. The Kier molecular flexibility index (Phi) is 5.17. The molecule has 24 heavy (non-hydrogen) atoms. The van der Waals surface area contributed by atoms with Crippen LogP contribution in [-0.2, 0) is 9.53 Å². The van der Waals surface area contributed by atoms with Gasteiger partial charge < -0.3 is 14.4 Å². The van der Waals surface area contributed by atoms with Gasteiger partial charge in [0.1, 0.15) is 24.7 Å². The Morgan fingerprint density at radius 3 is 3.00 bits per heavy atom. The van der Waals surface area contributed by atoms with Crippen molar-refractivity contribution in [1.29, 1.82) is 0 Å². The maximum absolute atomic E-state index is 13.2. The van der Waals surface area contributed by atoms with E-state index in [0.717, 1.165) is 12.8 Å². The van der Waals surface area contributed by atoms with E-state index in [9.17, 15) is 14.0 Å². The van der Waals surface area contributed by atoms with Crippen molar-refractivity contribution in [3.8, 4) is 5.75 Å². The molecule has 6 nitrogen and oxygen atoms in total. The maximum Gasteiger partial charge on any atom is 0.410 e. The van der Waals surface area contributed by atoms with Crippen LogP contribution in [0.4, 0.5) is 9.18 Å². The number of carbonyl (C=O) groups is 2. The van der Waals surface area contributed by atoms with E-state index in [-0.39, 0.29) is 24.2 Å². The third-order valence-electron chi connectivity index (χ3n) is 4.32. The lowest BCUT2D eigenvalue weighted by Gasteiger charge is -2.33. The molecular weight excluding hydrogens is 315 g/mol. The van der Waals surface area contributed by atoms with Gasteiger partial charge in [-0.1, -0.05) is 6.07 Å². The summed E-state index contributed by atoms with van der Waals surface area (Å²) in [5, 5.41) is 0. The highest BCUT2D eigenvalue weighted by atomic mass is 19.1. The molecule has 2 aliphatic heterocycles. The fourth-order valence-corrected chi connectivity index (χ4v) is 3.03. The summed E-state index contributed by atoms with van der Waals surface area (Å²) in [4.78, 5) is 27.0. The van der Waals surface area contributed by atoms with Gasteiger partial charge in [-0.25, -0.2) is 9.18 Å². The molecule has 130 valence electrons. The zero-order valence-corrected chi connectivity index (χ0v) is 13.4.